The highest BCUT2D eigenvalue weighted by Crippen LogP contribution is 2.33. The van der Waals surface area contributed by atoms with Crippen LogP contribution in [0, 0.1) is 0 Å². The molecule has 104 valence electrons. The Labute approximate surface area is 113 Å². The van der Waals surface area contributed by atoms with Gasteiger partial charge in [0, 0.05) is 0 Å². The van der Waals surface area contributed by atoms with Gasteiger partial charge < -0.3 is 5.11 Å². The highest BCUT2D eigenvalue weighted by atomic mass is 16.3. The third kappa shape index (κ3) is 4.61. The van der Waals surface area contributed by atoms with Crippen LogP contribution in [0.3, 0.4) is 0 Å². The second kappa shape index (κ2) is 8.53. The lowest BCUT2D eigenvalue weighted by atomic mass is 9.82. The second-order valence-corrected chi connectivity index (χ2v) is 5.58. The average Bonchev–Trinajstić information content (AvgIpc) is 2.36. The van der Waals surface area contributed by atoms with E-state index in [2.05, 4.69) is 26.8 Å². The molecule has 18 heavy (non-hydrogen) atoms. The van der Waals surface area contributed by atoms with Crippen molar-refractivity contribution in [2.75, 3.05) is 0 Å². The molecule has 0 amide bonds. The van der Waals surface area contributed by atoms with E-state index in [1.807, 2.05) is 0 Å². The van der Waals surface area contributed by atoms with Crippen molar-refractivity contribution < 1.29 is 5.11 Å². The fraction of sp³-hybridized carbons (Fsp3) is 0.765. The zero-order valence-corrected chi connectivity index (χ0v) is 12.5. The standard InChI is InChI=1S/C17H30O/c1-4-6-8-11-15-12-9-13-16(18)17(15)14(3)10-7-5-2/h11,16,18H,4-10,12-13H2,1-3H3. The van der Waals surface area contributed by atoms with Crippen molar-refractivity contribution in [3.05, 3.63) is 22.8 Å². The first-order chi connectivity index (χ1) is 8.70. The van der Waals surface area contributed by atoms with Crippen LogP contribution >= 0.6 is 0 Å². The third-order valence-corrected chi connectivity index (χ3v) is 3.92. The lowest BCUT2D eigenvalue weighted by molar-refractivity contribution is 0.188. The Bertz CT molecular complexity index is 299. The van der Waals surface area contributed by atoms with Gasteiger partial charge in [-0.05, 0) is 56.6 Å². The van der Waals surface area contributed by atoms with Crippen molar-refractivity contribution in [3.8, 4) is 0 Å². The van der Waals surface area contributed by atoms with E-state index in [4.69, 9.17) is 0 Å². The molecule has 1 nitrogen and oxygen atoms in total. The van der Waals surface area contributed by atoms with Crippen molar-refractivity contribution in [1.29, 1.82) is 0 Å². The Morgan fingerprint density at radius 2 is 2.00 bits per heavy atom. The van der Waals surface area contributed by atoms with Crippen LogP contribution in [-0.4, -0.2) is 11.2 Å². The van der Waals surface area contributed by atoms with E-state index in [-0.39, 0.29) is 6.10 Å². The van der Waals surface area contributed by atoms with E-state index in [9.17, 15) is 5.11 Å². The maximum Gasteiger partial charge on any atom is 0.0792 e. The first-order valence-electron chi connectivity index (χ1n) is 7.77. The van der Waals surface area contributed by atoms with Gasteiger partial charge in [0.05, 0.1) is 6.10 Å². The SMILES string of the molecule is CCCCC=C1CCCC(O)C1=C(C)CCCC. The number of hydrogen-bond acceptors (Lipinski definition) is 1. The molecule has 0 radical (unpaired) electrons. The summed E-state index contributed by atoms with van der Waals surface area (Å²) in [7, 11) is 0. The summed E-state index contributed by atoms with van der Waals surface area (Å²) >= 11 is 0. The molecular weight excluding hydrogens is 220 g/mol. The molecule has 1 atom stereocenters. The van der Waals surface area contributed by atoms with Crippen molar-refractivity contribution in [2.45, 2.75) is 84.7 Å². The van der Waals surface area contributed by atoms with Crippen molar-refractivity contribution in [2.24, 2.45) is 0 Å². The minimum Gasteiger partial charge on any atom is -0.388 e. The van der Waals surface area contributed by atoms with E-state index >= 15 is 0 Å². The number of aliphatic hydroxyl groups excluding tert-OH is 1. The van der Waals surface area contributed by atoms with Gasteiger partial charge in [-0.3, -0.25) is 0 Å². The number of allylic oxidation sites excluding steroid dienone is 2. The summed E-state index contributed by atoms with van der Waals surface area (Å²) < 4.78 is 0. The molecule has 1 saturated carbocycles. The monoisotopic (exact) mass is 250 g/mol. The summed E-state index contributed by atoms with van der Waals surface area (Å²) in [5.74, 6) is 0. The smallest absolute Gasteiger partial charge is 0.0792 e. The Kier molecular flexibility index (Phi) is 7.34. The number of aliphatic hydroxyl groups is 1. The second-order valence-electron chi connectivity index (χ2n) is 5.58. The molecule has 0 aliphatic heterocycles. The van der Waals surface area contributed by atoms with Gasteiger partial charge in [0.2, 0.25) is 0 Å². The summed E-state index contributed by atoms with van der Waals surface area (Å²) in [5, 5.41) is 10.3. The van der Waals surface area contributed by atoms with Gasteiger partial charge in [0.25, 0.3) is 0 Å². The van der Waals surface area contributed by atoms with Crippen molar-refractivity contribution >= 4 is 0 Å². The van der Waals surface area contributed by atoms with Crippen molar-refractivity contribution in [3.63, 3.8) is 0 Å². The maximum absolute atomic E-state index is 10.3. The molecule has 1 fully saturated rings. The van der Waals surface area contributed by atoms with E-state index in [1.54, 1.807) is 0 Å². The molecule has 0 bridgehead atoms. The lowest BCUT2D eigenvalue weighted by Gasteiger charge is -2.26. The summed E-state index contributed by atoms with van der Waals surface area (Å²) in [4.78, 5) is 0. The van der Waals surface area contributed by atoms with Gasteiger partial charge in [-0.2, -0.15) is 0 Å². The van der Waals surface area contributed by atoms with Crippen molar-refractivity contribution in [1.82, 2.24) is 0 Å². The summed E-state index contributed by atoms with van der Waals surface area (Å²) in [5.41, 5.74) is 4.15. The normalized spacial score (nSPS) is 25.6. The predicted octanol–water partition coefficient (Wildman–Crippen LogP) is 5.15. The molecule has 0 saturated heterocycles. The molecule has 1 aliphatic rings. The van der Waals surface area contributed by atoms with E-state index in [0.29, 0.717) is 0 Å². The van der Waals surface area contributed by atoms with Crippen LogP contribution in [0.15, 0.2) is 22.8 Å². The third-order valence-electron chi connectivity index (χ3n) is 3.92. The van der Waals surface area contributed by atoms with Gasteiger partial charge in [0.1, 0.15) is 0 Å². The van der Waals surface area contributed by atoms with Gasteiger partial charge >= 0.3 is 0 Å². The van der Waals surface area contributed by atoms with Crippen LogP contribution in [0.2, 0.25) is 0 Å². The van der Waals surface area contributed by atoms with Crippen LogP contribution in [0.25, 0.3) is 0 Å². The van der Waals surface area contributed by atoms with Gasteiger partial charge in [-0.15, -0.1) is 0 Å². The topological polar surface area (TPSA) is 20.2 Å². The van der Waals surface area contributed by atoms with Gasteiger partial charge in [0.15, 0.2) is 0 Å². The van der Waals surface area contributed by atoms with Crippen LogP contribution in [0.4, 0.5) is 0 Å². The van der Waals surface area contributed by atoms with Crippen LogP contribution < -0.4 is 0 Å². The number of hydrogen-bond donors (Lipinski definition) is 1. The zero-order chi connectivity index (χ0) is 13.4. The van der Waals surface area contributed by atoms with Gasteiger partial charge in [-0.25, -0.2) is 0 Å². The maximum atomic E-state index is 10.3. The van der Waals surface area contributed by atoms with Crippen LogP contribution in [0.1, 0.15) is 78.6 Å². The molecule has 1 rings (SSSR count). The quantitative estimate of drug-likeness (QED) is 0.646. The molecule has 1 N–H and O–H groups in total. The first-order valence-corrected chi connectivity index (χ1v) is 7.77. The average molecular weight is 250 g/mol. The largest absolute Gasteiger partial charge is 0.388 e. The molecule has 1 aliphatic carbocycles. The Balaban J connectivity index is 2.81. The molecular formula is C17H30O. The minimum absolute atomic E-state index is 0.205. The number of rotatable bonds is 6. The highest BCUT2D eigenvalue weighted by molar-refractivity contribution is 5.39. The minimum atomic E-state index is -0.205. The molecule has 0 aromatic carbocycles. The van der Waals surface area contributed by atoms with E-state index in [1.165, 1.54) is 55.2 Å². The zero-order valence-electron chi connectivity index (χ0n) is 12.5. The van der Waals surface area contributed by atoms with E-state index in [0.717, 1.165) is 19.3 Å². The molecule has 1 heteroatoms. The molecule has 0 spiro atoms. The fourth-order valence-corrected chi connectivity index (χ4v) is 2.81. The van der Waals surface area contributed by atoms with Gasteiger partial charge in [-0.1, -0.05) is 44.8 Å². The Morgan fingerprint density at radius 3 is 2.67 bits per heavy atom. The predicted molar refractivity (Wildman–Crippen MR) is 79.7 cm³/mol. The first kappa shape index (κ1) is 15.5. The molecule has 1 unspecified atom stereocenters. The number of unbranched alkanes of at least 4 members (excludes halogenated alkanes) is 3. The van der Waals surface area contributed by atoms with E-state index < -0.39 is 0 Å². The summed E-state index contributed by atoms with van der Waals surface area (Å²) in [6.45, 7) is 6.68. The summed E-state index contributed by atoms with van der Waals surface area (Å²) in [6.07, 6.45) is 12.7. The molecule has 0 heterocycles. The highest BCUT2D eigenvalue weighted by Gasteiger charge is 2.22. The van der Waals surface area contributed by atoms with Crippen LogP contribution in [-0.2, 0) is 0 Å². The summed E-state index contributed by atoms with van der Waals surface area (Å²) in [6, 6.07) is 0. The molecule has 0 aromatic heterocycles. The van der Waals surface area contributed by atoms with Crippen LogP contribution in [0.5, 0.6) is 0 Å². The fourth-order valence-electron chi connectivity index (χ4n) is 2.81. The molecule has 0 aromatic rings. The Morgan fingerprint density at radius 1 is 1.28 bits per heavy atom. The lowest BCUT2D eigenvalue weighted by Crippen LogP contribution is -2.19. The Hall–Kier alpha value is -0.560.